The van der Waals surface area contributed by atoms with Gasteiger partial charge in [0, 0.05) is 24.6 Å². The first-order chi connectivity index (χ1) is 16.0. The minimum Gasteiger partial charge on any atom is -0.382 e. The van der Waals surface area contributed by atoms with E-state index in [2.05, 4.69) is 15.3 Å². The number of pyridine rings is 1. The van der Waals surface area contributed by atoms with Gasteiger partial charge in [-0.25, -0.2) is 13.8 Å². The normalized spacial score (nSPS) is 17.8. The number of aromatic nitrogens is 2. The van der Waals surface area contributed by atoms with Crippen LogP contribution in [-0.2, 0) is 23.0 Å². The lowest BCUT2D eigenvalue weighted by Gasteiger charge is -2.35. The molecule has 1 amide bonds. The number of hydrogen-bond donors (Lipinski definition) is 2. The van der Waals surface area contributed by atoms with Gasteiger partial charge in [-0.05, 0) is 36.4 Å². The van der Waals surface area contributed by atoms with Crippen LogP contribution < -0.4 is 11.1 Å². The lowest BCUT2D eigenvalue weighted by atomic mass is 9.88. The molecule has 0 radical (unpaired) electrons. The van der Waals surface area contributed by atoms with Crippen molar-refractivity contribution in [1.82, 2.24) is 9.55 Å². The number of rotatable bonds is 5. The maximum absolute atomic E-state index is 15.0. The van der Waals surface area contributed by atoms with E-state index >= 15 is 4.39 Å². The number of alkyl halides is 3. The van der Waals surface area contributed by atoms with Crippen LogP contribution in [0.5, 0.6) is 0 Å². The molecular formula is C22H18F5N5O2. The second-order valence-electron chi connectivity index (χ2n) is 7.71. The lowest BCUT2D eigenvalue weighted by Crippen LogP contribution is -2.42. The molecule has 1 aliphatic rings. The van der Waals surface area contributed by atoms with Crippen LogP contribution in [-0.4, -0.2) is 35.0 Å². The van der Waals surface area contributed by atoms with Crippen molar-refractivity contribution in [2.75, 3.05) is 19.0 Å². The Morgan fingerprint density at radius 1 is 1.24 bits per heavy atom. The number of benzene rings is 1. The van der Waals surface area contributed by atoms with E-state index in [0.717, 1.165) is 30.6 Å². The summed E-state index contributed by atoms with van der Waals surface area (Å²) in [6.45, 7) is -0.401. The zero-order chi connectivity index (χ0) is 24.7. The Balaban J connectivity index is 1.72. The van der Waals surface area contributed by atoms with Crippen molar-refractivity contribution in [2.45, 2.75) is 18.3 Å². The zero-order valence-electron chi connectivity index (χ0n) is 17.7. The monoisotopic (exact) mass is 479 g/mol. The second-order valence-corrected chi connectivity index (χ2v) is 7.71. The highest BCUT2D eigenvalue weighted by Crippen LogP contribution is 2.38. The number of aliphatic imine (C=N–C) groups is 1. The standard InChI is InChI=1S/C22H18F5N5O2/c1-34-11-21(10-32-9-12(22(25,26)27)6-18(32)19(28)31-21)15-7-14(3-4-16(15)24)30-20(33)17-5-2-13(23)8-29-17/h2-9H,10-11H2,1H3,(H2,28,31)(H,30,33). The van der Waals surface area contributed by atoms with E-state index in [1.807, 2.05) is 0 Å². The fraction of sp³-hybridized carbons (Fsp3) is 0.227. The van der Waals surface area contributed by atoms with Crippen LogP contribution in [0, 0.1) is 11.6 Å². The first-order valence-electron chi connectivity index (χ1n) is 9.87. The second kappa shape index (κ2) is 8.52. The van der Waals surface area contributed by atoms with Crippen LogP contribution in [0.3, 0.4) is 0 Å². The number of hydrogen-bond acceptors (Lipinski definition) is 5. The molecule has 3 heterocycles. The number of methoxy groups -OCH3 is 1. The van der Waals surface area contributed by atoms with Crippen LogP contribution in [0.4, 0.5) is 27.6 Å². The number of halogens is 5. The summed E-state index contributed by atoms with van der Waals surface area (Å²) in [6.07, 6.45) is -2.84. The van der Waals surface area contributed by atoms with Gasteiger partial charge in [-0.1, -0.05) is 0 Å². The van der Waals surface area contributed by atoms with Crippen LogP contribution in [0.25, 0.3) is 0 Å². The first-order valence-corrected chi connectivity index (χ1v) is 9.87. The fourth-order valence-electron chi connectivity index (χ4n) is 3.82. The van der Waals surface area contributed by atoms with Crippen molar-refractivity contribution in [1.29, 1.82) is 0 Å². The van der Waals surface area contributed by atoms with Crippen LogP contribution in [0.1, 0.15) is 27.3 Å². The number of fused-ring (bicyclic) bond motifs is 1. The van der Waals surface area contributed by atoms with Gasteiger partial charge in [0.25, 0.3) is 5.91 Å². The Morgan fingerprint density at radius 3 is 2.65 bits per heavy atom. The summed E-state index contributed by atoms with van der Waals surface area (Å²) in [5.41, 5.74) is 3.64. The topological polar surface area (TPSA) is 94.5 Å². The molecule has 0 bridgehead atoms. The number of ether oxygens (including phenoxy) is 1. The molecule has 4 rings (SSSR count). The molecule has 1 aliphatic heterocycles. The number of amides is 1. The summed E-state index contributed by atoms with van der Waals surface area (Å²) in [5.74, 6) is -2.23. The summed E-state index contributed by atoms with van der Waals surface area (Å²) >= 11 is 0. The van der Waals surface area contributed by atoms with Gasteiger partial charge in [-0.3, -0.25) is 9.79 Å². The molecule has 0 spiro atoms. The Labute approximate surface area is 190 Å². The van der Waals surface area contributed by atoms with Crippen LogP contribution >= 0.6 is 0 Å². The quantitative estimate of drug-likeness (QED) is 0.546. The number of anilines is 1. The van der Waals surface area contributed by atoms with Crippen molar-refractivity contribution < 1.29 is 31.5 Å². The molecular weight excluding hydrogens is 461 g/mol. The van der Waals surface area contributed by atoms with Gasteiger partial charge in [0.2, 0.25) is 0 Å². The summed E-state index contributed by atoms with van der Waals surface area (Å²) in [4.78, 5) is 20.5. The van der Waals surface area contributed by atoms with Crippen molar-refractivity contribution in [2.24, 2.45) is 10.7 Å². The van der Waals surface area contributed by atoms with Crippen molar-refractivity contribution >= 4 is 17.4 Å². The molecule has 3 aromatic rings. The zero-order valence-corrected chi connectivity index (χ0v) is 17.7. The van der Waals surface area contributed by atoms with Gasteiger partial charge in [-0.2, -0.15) is 13.2 Å². The number of nitrogens with zero attached hydrogens (tertiary/aromatic N) is 3. The molecule has 2 aromatic heterocycles. The molecule has 1 aromatic carbocycles. The maximum atomic E-state index is 15.0. The van der Waals surface area contributed by atoms with Gasteiger partial charge in [0.1, 0.15) is 28.7 Å². The lowest BCUT2D eigenvalue weighted by molar-refractivity contribution is -0.137. The van der Waals surface area contributed by atoms with Gasteiger partial charge < -0.3 is 20.4 Å². The molecule has 1 atom stereocenters. The Kier molecular flexibility index (Phi) is 5.86. The van der Waals surface area contributed by atoms with E-state index in [-0.39, 0.29) is 41.6 Å². The number of nitrogens with two attached hydrogens (primary N) is 1. The Bertz CT molecular complexity index is 1270. The Hall–Kier alpha value is -3.80. The molecule has 0 saturated carbocycles. The summed E-state index contributed by atoms with van der Waals surface area (Å²) in [5, 5.41) is 2.53. The molecule has 0 aliphatic carbocycles. The maximum Gasteiger partial charge on any atom is 0.417 e. The van der Waals surface area contributed by atoms with Gasteiger partial charge in [-0.15, -0.1) is 0 Å². The number of amidine groups is 1. The average Bonchev–Trinajstić information content (AvgIpc) is 3.21. The number of carbonyl (C=O) groups excluding carboxylic acids is 1. The SMILES string of the molecule is COCC1(c2cc(NC(=O)c3ccc(F)cn3)ccc2F)Cn2cc(C(F)(F)F)cc2C(N)=N1. The molecule has 12 heteroatoms. The molecule has 7 nitrogen and oxygen atoms in total. The van der Waals surface area contributed by atoms with E-state index in [1.54, 1.807) is 0 Å². The van der Waals surface area contributed by atoms with Crippen molar-refractivity contribution in [3.63, 3.8) is 0 Å². The molecule has 34 heavy (non-hydrogen) atoms. The molecule has 3 N–H and O–H groups in total. The van der Waals surface area contributed by atoms with E-state index in [1.165, 1.54) is 29.9 Å². The highest BCUT2D eigenvalue weighted by atomic mass is 19.4. The fourth-order valence-corrected chi connectivity index (χ4v) is 3.82. The third kappa shape index (κ3) is 4.36. The number of nitrogens with one attached hydrogen (secondary N) is 1. The molecule has 178 valence electrons. The van der Waals surface area contributed by atoms with E-state index in [0.29, 0.717) is 0 Å². The highest BCUT2D eigenvalue weighted by Gasteiger charge is 2.41. The first kappa shape index (κ1) is 23.4. The third-order valence-corrected chi connectivity index (χ3v) is 5.32. The largest absolute Gasteiger partial charge is 0.417 e. The average molecular weight is 479 g/mol. The predicted octanol–water partition coefficient (Wildman–Crippen LogP) is 3.69. The smallest absolute Gasteiger partial charge is 0.382 e. The summed E-state index contributed by atoms with van der Waals surface area (Å²) in [7, 11) is 1.34. The Morgan fingerprint density at radius 2 is 2.00 bits per heavy atom. The van der Waals surface area contributed by atoms with Crippen molar-refractivity contribution in [3.8, 4) is 0 Å². The van der Waals surface area contributed by atoms with Gasteiger partial charge in [0.15, 0.2) is 0 Å². The summed E-state index contributed by atoms with van der Waals surface area (Å²) in [6, 6.07) is 6.79. The number of carbonyl (C=O) groups is 1. The van der Waals surface area contributed by atoms with E-state index in [4.69, 9.17) is 10.5 Å². The van der Waals surface area contributed by atoms with Crippen LogP contribution in [0.2, 0.25) is 0 Å². The third-order valence-electron chi connectivity index (χ3n) is 5.32. The molecule has 1 unspecified atom stereocenters. The van der Waals surface area contributed by atoms with Crippen LogP contribution in [0.15, 0.2) is 53.8 Å². The predicted molar refractivity (Wildman–Crippen MR) is 112 cm³/mol. The minimum atomic E-state index is -4.60. The van der Waals surface area contributed by atoms with E-state index < -0.39 is 34.8 Å². The van der Waals surface area contributed by atoms with Gasteiger partial charge in [0.05, 0.1) is 30.6 Å². The van der Waals surface area contributed by atoms with Gasteiger partial charge >= 0.3 is 6.18 Å². The highest BCUT2D eigenvalue weighted by molar-refractivity contribution is 6.03. The summed E-state index contributed by atoms with van der Waals surface area (Å²) < 4.78 is 74.2. The molecule has 0 fully saturated rings. The van der Waals surface area contributed by atoms with Crippen molar-refractivity contribution in [3.05, 3.63) is 82.9 Å². The van der Waals surface area contributed by atoms with E-state index in [9.17, 15) is 22.4 Å². The minimum absolute atomic E-state index is 0.0462. The molecule has 0 saturated heterocycles.